The molecule has 6 heterocycles. The molecule has 1 unspecified atom stereocenters. The summed E-state index contributed by atoms with van der Waals surface area (Å²) >= 11 is 0. The fraction of sp³-hybridized carbons (Fsp3) is 0.536. The first kappa shape index (κ1) is 25.5. The van der Waals surface area contributed by atoms with Crippen LogP contribution in [0.4, 0.5) is 11.8 Å². The van der Waals surface area contributed by atoms with Crippen LogP contribution in [-0.4, -0.2) is 81.4 Å². The highest BCUT2D eigenvalue weighted by Gasteiger charge is 2.42. The van der Waals surface area contributed by atoms with Gasteiger partial charge in [-0.05, 0) is 49.4 Å². The number of hydrogen-bond acceptors (Lipinski definition) is 9. The van der Waals surface area contributed by atoms with Gasteiger partial charge in [-0.3, -0.25) is 9.48 Å². The number of fused-ring (bicyclic) bond motifs is 8. The Kier molecular flexibility index (Phi) is 7.32. The smallest absolute Gasteiger partial charge is 0.227 e. The minimum absolute atomic E-state index is 0.0710. The summed E-state index contributed by atoms with van der Waals surface area (Å²) in [6.45, 7) is 4.62. The third-order valence-electron chi connectivity index (χ3n) is 8.13. The lowest BCUT2D eigenvalue weighted by Gasteiger charge is -2.40. The van der Waals surface area contributed by atoms with Crippen molar-refractivity contribution in [3.63, 3.8) is 0 Å². The highest BCUT2D eigenvalue weighted by atomic mass is 16.5. The Labute approximate surface area is 228 Å². The van der Waals surface area contributed by atoms with Gasteiger partial charge in [0.05, 0.1) is 23.8 Å². The number of carbonyl (C=O) groups excluding carboxylic acids is 1. The number of nitrogens with one attached hydrogen (secondary N) is 1. The lowest BCUT2D eigenvalue weighted by atomic mass is 9.74. The van der Waals surface area contributed by atoms with Gasteiger partial charge in [0.1, 0.15) is 11.6 Å². The summed E-state index contributed by atoms with van der Waals surface area (Å²) in [6, 6.07) is 10.0. The molecule has 11 nitrogen and oxygen atoms in total. The molecular formula is C28H36N8O3. The second kappa shape index (κ2) is 11.2. The van der Waals surface area contributed by atoms with Crippen LogP contribution < -0.4 is 19.9 Å². The van der Waals surface area contributed by atoms with Crippen LogP contribution in [0, 0.1) is 5.41 Å². The minimum atomic E-state index is -0.574. The zero-order valence-corrected chi connectivity index (χ0v) is 22.2. The molecule has 2 N–H and O–H groups in total. The monoisotopic (exact) mass is 532 g/mol. The van der Waals surface area contributed by atoms with E-state index < -0.39 is 5.41 Å². The molecule has 1 atom stereocenters. The van der Waals surface area contributed by atoms with E-state index in [4.69, 9.17) is 9.72 Å². The van der Waals surface area contributed by atoms with E-state index in [2.05, 4.69) is 42.5 Å². The third-order valence-corrected chi connectivity index (χ3v) is 8.13. The zero-order chi connectivity index (χ0) is 26.7. The number of β-amino-alcohol motifs (C(OH)–C–C–N with tert-alkyl or cyclic N) is 1. The predicted molar refractivity (Wildman–Crippen MR) is 146 cm³/mol. The molecule has 3 aromatic rings. The number of aromatic nitrogens is 5. The molecule has 11 heteroatoms. The Bertz CT molecular complexity index is 1270. The number of nitrogens with zero attached hydrogens (tertiary/aromatic N) is 7. The van der Waals surface area contributed by atoms with Crippen molar-refractivity contribution in [2.24, 2.45) is 5.41 Å². The largest absolute Gasteiger partial charge is 0.494 e. The molecule has 1 aromatic carbocycles. The van der Waals surface area contributed by atoms with E-state index in [0.29, 0.717) is 64.5 Å². The summed E-state index contributed by atoms with van der Waals surface area (Å²) < 4.78 is 7.71. The summed E-state index contributed by atoms with van der Waals surface area (Å²) in [5, 5.41) is 21.9. The lowest BCUT2D eigenvalue weighted by Crippen LogP contribution is -2.51. The molecule has 0 aliphatic carbocycles. The van der Waals surface area contributed by atoms with Gasteiger partial charge in [-0.2, -0.15) is 4.98 Å². The number of aryl methyl sites for hydroxylation is 1. The molecule has 7 rings (SSSR count). The standard InChI is InChI=1S/C28H36N8O3/c37-23-8-14-35(20-23)25-7-12-30-27(31-25)34-15-9-28(10-16-34)18-22-19-36(33-32-22)13-1-17-39-24-4-2-21(3-5-24)6-11-29-26(28)38/h2-5,7,12,19,23,37H,1,6,8-11,13-18,20H2,(H,29,38). The molecule has 1 spiro atoms. The van der Waals surface area contributed by atoms with Gasteiger partial charge in [0, 0.05) is 64.5 Å². The van der Waals surface area contributed by atoms with Gasteiger partial charge in [0.25, 0.3) is 0 Å². The minimum Gasteiger partial charge on any atom is -0.494 e. The highest BCUT2D eigenvalue weighted by Crippen LogP contribution is 2.36. The molecule has 1 amide bonds. The third kappa shape index (κ3) is 5.83. The summed E-state index contributed by atoms with van der Waals surface area (Å²) in [7, 11) is 0. The molecule has 206 valence electrons. The van der Waals surface area contributed by atoms with Crippen molar-refractivity contribution < 1.29 is 14.6 Å². The van der Waals surface area contributed by atoms with E-state index in [1.165, 1.54) is 5.56 Å². The Hall–Kier alpha value is -3.73. The van der Waals surface area contributed by atoms with Gasteiger partial charge in [-0.15, -0.1) is 5.10 Å². The quantitative estimate of drug-likeness (QED) is 0.507. The second-order valence-corrected chi connectivity index (χ2v) is 10.9. The first-order valence-corrected chi connectivity index (χ1v) is 14.0. The van der Waals surface area contributed by atoms with Crippen molar-refractivity contribution in [3.8, 4) is 5.75 Å². The molecule has 2 fully saturated rings. The Balaban J connectivity index is 1.18. The number of aliphatic hydroxyl groups excluding tert-OH is 1. The normalized spacial score (nSPS) is 22.0. The van der Waals surface area contributed by atoms with E-state index >= 15 is 0 Å². The average Bonchev–Trinajstić information content (AvgIpc) is 3.60. The lowest BCUT2D eigenvalue weighted by molar-refractivity contribution is -0.132. The summed E-state index contributed by atoms with van der Waals surface area (Å²) in [5.41, 5.74) is 1.43. The molecule has 4 aliphatic heterocycles. The number of rotatable bonds is 2. The molecule has 4 bridgehead atoms. The van der Waals surface area contributed by atoms with Gasteiger partial charge in [-0.1, -0.05) is 17.3 Å². The molecule has 2 saturated heterocycles. The van der Waals surface area contributed by atoms with Gasteiger partial charge in [0.2, 0.25) is 11.9 Å². The summed E-state index contributed by atoms with van der Waals surface area (Å²) in [4.78, 5) is 27.3. The van der Waals surface area contributed by atoms with Crippen LogP contribution in [0.5, 0.6) is 5.75 Å². The maximum Gasteiger partial charge on any atom is 0.227 e. The van der Waals surface area contributed by atoms with Crippen molar-refractivity contribution in [2.45, 2.75) is 51.2 Å². The predicted octanol–water partition coefficient (Wildman–Crippen LogP) is 1.61. The van der Waals surface area contributed by atoms with E-state index in [1.807, 2.05) is 29.1 Å². The van der Waals surface area contributed by atoms with E-state index in [1.54, 1.807) is 6.20 Å². The van der Waals surface area contributed by atoms with E-state index in [9.17, 15) is 9.90 Å². The highest BCUT2D eigenvalue weighted by molar-refractivity contribution is 5.83. The Morgan fingerprint density at radius 2 is 1.90 bits per heavy atom. The molecule has 0 saturated carbocycles. The van der Waals surface area contributed by atoms with E-state index in [0.717, 1.165) is 43.1 Å². The zero-order valence-electron chi connectivity index (χ0n) is 22.2. The van der Waals surface area contributed by atoms with Crippen molar-refractivity contribution in [2.75, 3.05) is 49.1 Å². The van der Waals surface area contributed by atoms with Crippen molar-refractivity contribution in [1.82, 2.24) is 30.3 Å². The van der Waals surface area contributed by atoms with Gasteiger partial charge < -0.3 is 25.0 Å². The van der Waals surface area contributed by atoms with Gasteiger partial charge >= 0.3 is 0 Å². The number of anilines is 2. The topological polar surface area (TPSA) is 122 Å². The number of aliphatic hydroxyl groups is 1. The second-order valence-electron chi connectivity index (χ2n) is 10.9. The number of carbonyl (C=O) groups is 1. The summed E-state index contributed by atoms with van der Waals surface area (Å²) in [5.74, 6) is 2.43. The van der Waals surface area contributed by atoms with Crippen LogP contribution in [0.25, 0.3) is 0 Å². The fourth-order valence-corrected chi connectivity index (χ4v) is 5.79. The molecule has 0 radical (unpaired) electrons. The number of amides is 1. The van der Waals surface area contributed by atoms with Crippen LogP contribution in [-0.2, 0) is 24.2 Å². The number of hydrogen-bond donors (Lipinski definition) is 2. The van der Waals surface area contributed by atoms with Crippen LogP contribution >= 0.6 is 0 Å². The number of benzene rings is 1. The first-order valence-electron chi connectivity index (χ1n) is 14.0. The Morgan fingerprint density at radius 3 is 2.69 bits per heavy atom. The maximum atomic E-state index is 13.7. The van der Waals surface area contributed by atoms with Crippen LogP contribution in [0.3, 0.4) is 0 Å². The number of ether oxygens (including phenoxy) is 1. The molecular weight excluding hydrogens is 496 g/mol. The fourth-order valence-electron chi connectivity index (χ4n) is 5.79. The van der Waals surface area contributed by atoms with Crippen molar-refractivity contribution in [3.05, 3.63) is 54.0 Å². The first-order chi connectivity index (χ1) is 19.1. The molecule has 2 aromatic heterocycles. The molecule has 39 heavy (non-hydrogen) atoms. The number of piperidine rings is 1. The van der Waals surface area contributed by atoms with Crippen molar-refractivity contribution >= 4 is 17.7 Å². The van der Waals surface area contributed by atoms with Crippen molar-refractivity contribution in [1.29, 1.82) is 0 Å². The average molecular weight is 533 g/mol. The van der Waals surface area contributed by atoms with Crippen LogP contribution in [0.15, 0.2) is 42.7 Å². The Morgan fingerprint density at radius 1 is 1.05 bits per heavy atom. The van der Waals surface area contributed by atoms with Crippen LogP contribution in [0.1, 0.15) is 36.9 Å². The maximum absolute atomic E-state index is 13.7. The summed E-state index contributed by atoms with van der Waals surface area (Å²) in [6.07, 6.45) is 7.66. The van der Waals surface area contributed by atoms with E-state index in [-0.39, 0.29) is 12.0 Å². The van der Waals surface area contributed by atoms with Crippen LogP contribution in [0.2, 0.25) is 0 Å². The van der Waals surface area contributed by atoms with Gasteiger partial charge in [-0.25, -0.2) is 4.98 Å². The van der Waals surface area contributed by atoms with Gasteiger partial charge in [0.15, 0.2) is 0 Å². The molecule has 4 aliphatic rings. The SMILES string of the molecule is O=C1NCCc2ccc(cc2)OCCCn2cc(nn2)CC12CCN(c1nccc(N3CCC(O)C3)n1)CC2.